The fraction of sp³-hybridized carbons (Fsp3) is 0.787. The van der Waals surface area contributed by atoms with Crippen molar-refractivity contribution in [1.82, 2.24) is 0 Å². The van der Waals surface area contributed by atoms with E-state index in [9.17, 15) is 53.1 Å². The molecule has 0 unspecified atom stereocenters. The molecule has 2 saturated heterocycles. The van der Waals surface area contributed by atoms with Crippen molar-refractivity contribution in [3.63, 3.8) is 0 Å². The first kappa shape index (κ1) is 68.2. The van der Waals surface area contributed by atoms with Gasteiger partial charge >= 0.3 is 65.7 Å². The van der Waals surface area contributed by atoms with E-state index in [0.29, 0.717) is 32.1 Å². The smallest absolute Gasteiger partial charge is 0.315 e. The van der Waals surface area contributed by atoms with Gasteiger partial charge in [0.25, 0.3) is 0 Å². The molecule has 0 aromatic heterocycles. The summed E-state index contributed by atoms with van der Waals surface area (Å²) in [5.74, 6) is -11.1. The predicted octanol–water partition coefficient (Wildman–Crippen LogP) is 4.55. The van der Waals surface area contributed by atoms with Crippen LogP contribution >= 0.6 is 0 Å². The van der Waals surface area contributed by atoms with E-state index in [0.717, 1.165) is 54.0 Å². The molecular weight excluding hydrogens is 1150 g/mol. The van der Waals surface area contributed by atoms with E-state index in [1.807, 2.05) is 6.92 Å². The van der Waals surface area contributed by atoms with Gasteiger partial charge in [0.1, 0.15) is 30.3 Å². The first-order valence-electron chi connectivity index (χ1n) is 29.6. The third kappa shape index (κ3) is 12.8. The second-order valence-electron chi connectivity index (χ2n) is 25.8. The van der Waals surface area contributed by atoms with E-state index in [1.165, 1.54) is 21.0 Å². The van der Waals surface area contributed by atoms with Gasteiger partial charge < -0.3 is 71.4 Å². The number of esters is 11. The van der Waals surface area contributed by atoms with Crippen LogP contribution < -0.4 is 0 Å². The Morgan fingerprint density at radius 2 is 1.01 bits per heavy atom. The first-order chi connectivity index (χ1) is 40.4. The zero-order valence-electron chi connectivity index (χ0n) is 52.5. The summed E-state index contributed by atoms with van der Waals surface area (Å²) in [4.78, 5) is 145. The van der Waals surface area contributed by atoms with Crippen molar-refractivity contribution in [3.05, 3.63) is 11.6 Å². The lowest BCUT2D eigenvalue weighted by molar-refractivity contribution is -0.332. The van der Waals surface area contributed by atoms with E-state index in [-0.39, 0.29) is 31.1 Å². The van der Waals surface area contributed by atoms with Gasteiger partial charge in [0.15, 0.2) is 42.9 Å². The third-order valence-electron chi connectivity index (χ3n) is 20.4. The van der Waals surface area contributed by atoms with Crippen LogP contribution in [0.1, 0.15) is 155 Å². The van der Waals surface area contributed by atoms with E-state index >= 15 is 4.79 Å². The van der Waals surface area contributed by atoms with Crippen LogP contribution in [0, 0.1) is 50.7 Å². The monoisotopic (exact) mass is 1230 g/mol. The molecule has 26 heteroatoms. The number of carbonyl (C=O) groups excluding carboxylic acids is 11. The Bertz CT molecular complexity index is 2760. The molecule has 0 spiro atoms. The van der Waals surface area contributed by atoms with Gasteiger partial charge in [0.2, 0.25) is 12.4 Å². The van der Waals surface area contributed by atoms with Crippen LogP contribution in [0.15, 0.2) is 11.6 Å². The molecule has 87 heavy (non-hydrogen) atoms. The fourth-order valence-corrected chi connectivity index (χ4v) is 16.6. The van der Waals surface area contributed by atoms with Gasteiger partial charge in [0, 0.05) is 68.2 Å². The number of allylic oxidation sites excluding steroid dienone is 1. The summed E-state index contributed by atoms with van der Waals surface area (Å²) in [6, 6.07) is 0. The lowest BCUT2D eigenvalue weighted by atomic mass is 9.32. The van der Waals surface area contributed by atoms with Gasteiger partial charge in [-0.3, -0.25) is 52.7 Å². The van der Waals surface area contributed by atoms with Crippen LogP contribution in [-0.4, -0.2) is 170 Å². The molecule has 7 aliphatic rings. The largest absolute Gasteiger partial charge is 0.468 e. The Balaban J connectivity index is 1.29. The van der Waals surface area contributed by atoms with E-state index < -0.39 is 197 Å². The number of ether oxygens (including phenoxy) is 14. The maximum atomic E-state index is 15.9. The number of carbonyl (C=O) groups is 11. The number of aliphatic hydroxyl groups is 1. The highest BCUT2D eigenvalue weighted by atomic mass is 16.8. The number of hydrogen-bond donors (Lipinski definition) is 1. The van der Waals surface area contributed by atoms with Gasteiger partial charge in [-0.15, -0.1) is 0 Å². The maximum Gasteiger partial charge on any atom is 0.315 e. The summed E-state index contributed by atoms with van der Waals surface area (Å²) >= 11 is 0. The zero-order valence-corrected chi connectivity index (χ0v) is 52.5. The molecular formula is C61H86O26. The molecule has 4 saturated carbocycles. The second-order valence-corrected chi connectivity index (χ2v) is 25.8. The quantitative estimate of drug-likeness (QED) is 0.126. The highest BCUT2D eigenvalue weighted by molar-refractivity contribution is 5.81. The van der Waals surface area contributed by atoms with Gasteiger partial charge in [-0.1, -0.05) is 39.3 Å². The molecule has 486 valence electrons. The van der Waals surface area contributed by atoms with E-state index in [2.05, 4.69) is 26.8 Å². The Morgan fingerprint density at radius 3 is 1.52 bits per heavy atom. The van der Waals surface area contributed by atoms with Crippen molar-refractivity contribution >= 4 is 65.7 Å². The minimum Gasteiger partial charge on any atom is -0.468 e. The molecule has 2 aliphatic heterocycles. The minimum atomic E-state index is -1.98. The molecule has 0 radical (unpaired) electrons. The molecule has 22 atom stereocenters. The molecule has 5 aliphatic carbocycles. The topological polar surface area (TPSA) is 337 Å². The van der Waals surface area contributed by atoms with Crippen LogP contribution in [-0.2, 0) is 119 Å². The van der Waals surface area contributed by atoms with E-state index in [1.54, 1.807) is 13.8 Å². The summed E-state index contributed by atoms with van der Waals surface area (Å²) in [5, 5.41) is 13.1. The van der Waals surface area contributed by atoms with Gasteiger partial charge in [-0.25, -0.2) is 0 Å². The average molecular weight is 1240 g/mol. The van der Waals surface area contributed by atoms with Crippen LogP contribution in [0.3, 0.4) is 0 Å². The summed E-state index contributed by atoms with van der Waals surface area (Å²) in [7, 11) is 1.27. The van der Waals surface area contributed by atoms with Gasteiger partial charge in [0.05, 0.1) is 24.7 Å². The predicted molar refractivity (Wildman–Crippen MR) is 293 cm³/mol. The number of fused-ring (bicyclic) bond motifs is 7. The standard InChI is InChI=1S/C61H86O26/c1-28-19-22-61(24-23-57(12)38(50(61)60(28,15)73)17-18-42-56(11)25-39(77-30(3)63)51(84-37(10)70)59(14,54(71)74-16)43(56)20-21-58(42,57)13)55(72)87-53-49(83-36(9)69)47(81-34(7)67)45(79-32(5)65)41(86-53)27-76-52-48(82-35(8)68)46(80-33(6)66)44(78-31(4)64)40(85-52)26-75-29(2)62/h17,28,39-53,73H,18-27H2,1-16H3/t28-,39-,40-,41-,42-,43-,44-,45-,46+,47+,48-,49-,50-,51+,52-,53+,56-,57-,58-,59-,60-,61+/m1/s1. The molecule has 2 heterocycles. The SMILES string of the molecule is COC(=O)[C@]1(C)[C@@H]2CC[C@]3(C)[C@H](CC=C4[C@H]5[C@](C(=O)O[C@@H]6O[C@H](CO[C@@H]7O[C@H](COC(C)=O)[C@@H](OC(C)=O)[C@H](OC(C)=O)[C@H]7OC(C)=O)[C@@H](OC(C)=O)[C@H](OC(C)=O)[C@H]6OC(C)=O)(CC[C@@H](C)[C@@]5(C)O)CC[C@]43C)[C@@]2(C)C[C@@H](OC(C)=O)[C@@H]1OC(C)=O. The lowest BCUT2D eigenvalue weighted by Gasteiger charge is -2.72. The summed E-state index contributed by atoms with van der Waals surface area (Å²) in [6.07, 6.45) is -14.6. The molecule has 0 bridgehead atoms. The van der Waals surface area contributed by atoms with Crippen molar-refractivity contribution in [3.8, 4) is 0 Å². The van der Waals surface area contributed by atoms with Crippen LogP contribution in [0.25, 0.3) is 0 Å². The Labute approximate surface area is 505 Å². The van der Waals surface area contributed by atoms with Crippen molar-refractivity contribution in [2.75, 3.05) is 20.3 Å². The number of rotatable bonds is 16. The van der Waals surface area contributed by atoms with Crippen molar-refractivity contribution in [1.29, 1.82) is 0 Å². The van der Waals surface area contributed by atoms with Crippen LogP contribution in [0.5, 0.6) is 0 Å². The molecule has 6 fully saturated rings. The highest BCUT2D eigenvalue weighted by Gasteiger charge is 2.75. The maximum absolute atomic E-state index is 15.9. The Kier molecular flexibility index (Phi) is 20.2. The second kappa shape index (κ2) is 25.7. The van der Waals surface area contributed by atoms with Crippen LogP contribution in [0.2, 0.25) is 0 Å². The number of methoxy groups -OCH3 is 1. The summed E-state index contributed by atoms with van der Waals surface area (Å²) in [6.45, 7) is 20.1. The minimum absolute atomic E-state index is 0.143. The molecule has 1 N–H and O–H groups in total. The molecule has 0 aromatic rings. The van der Waals surface area contributed by atoms with Crippen LogP contribution in [0.4, 0.5) is 0 Å². The van der Waals surface area contributed by atoms with Crippen molar-refractivity contribution in [2.24, 2.45) is 50.7 Å². The zero-order chi connectivity index (χ0) is 64.8. The first-order valence-corrected chi connectivity index (χ1v) is 29.6. The summed E-state index contributed by atoms with van der Waals surface area (Å²) < 4.78 is 82.0. The van der Waals surface area contributed by atoms with Gasteiger partial charge in [-0.05, 0) is 99.2 Å². The third-order valence-corrected chi connectivity index (χ3v) is 20.4. The Morgan fingerprint density at radius 1 is 0.529 bits per heavy atom. The normalized spacial score (nSPS) is 41.0. The lowest BCUT2D eigenvalue weighted by Crippen LogP contribution is -2.71. The number of hydrogen-bond acceptors (Lipinski definition) is 26. The molecule has 7 rings (SSSR count). The Hall–Kier alpha value is -6.25. The van der Waals surface area contributed by atoms with Crippen molar-refractivity contribution < 1.29 is 124 Å². The fourth-order valence-electron chi connectivity index (χ4n) is 16.6. The van der Waals surface area contributed by atoms with Gasteiger partial charge in [-0.2, -0.15) is 0 Å². The molecule has 26 nitrogen and oxygen atoms in total. The van der Waals surface area contributed by atoms with E-state index in [4.69, 9.17) is 66.3 Å². The average Bonchev–Trinajstić information content (AvgIpc) is 0.672. The molecule has 0 aromatic carbocycles. The highest BCUT2D eigenvalue weighted by Crippen LogP contribution is 2.76. The van der Waals surface area contributed by atoms with Crippen molar-refractivity contribution in [2.45, 2.75) is 234 Å². The molecule has 0 amide bonds. The summed E-state index contributed by atoms with van der Waals surface area (Å²) in [5.41, 5.74) is -5.84.